The van der Waals surface area contributed by atoms with E-state index in [0.29, 0.717) is 31.5 Å². The number of fused-ring (bicyclic) bond motifs is 1. The van der Waals surface area contributed by atoms with Gasteiger partial charge in [-0.15, -0.1) is 0 Å². The molecule has 1 amide bonds. The molecule has 0 saturated carbocycles. The lowest BCUT2D eigenvalue weighted by Crippen LogP contribution is -2.41. The van der Waals surface area contributed by atoms with E-state index in [9.17, 15) is 4.79 Å². The molecular formula is C23H36N4O3. The molecule has 0 spiro atoms. The minimum absolute atomic E-state index is 0.209. The summed E-state index contributed by atoms with van der Waals surface area (Å²) in [6, 6.07) is 4.48. The van der Waals surface area contributed by atoms with Gasteiger partial charge in [0.25, 0.3) is 0 Å². The lowest BCUT2D eigenvalue weighted by molar-refractivity contribution is -0.129. The number of nitrogens with one attached hydrogen (secondary N) is 2. The highest BCUT2D eigenvalue weighted by molar-refractivity contribution is 5.80. The second-order valence-electron chi connectivity index (χ2n) is 8.03. The third-order valence-electron chi connectivity index (χ3n) is 5.84. The van der Waals surface area contributed by atoms with Gasteiger partial charge in [-0.1, -0.05) is 6.92 Å². The molecule has 3 rings (SSSR count). The predicted octanol–water partition coefficient (Wildman–Crippen LogP) is 2.86. The summed E-state index contributed by atoms with van der Waals surface area (Å²) in [4.78, 5) is 18.4. The van der Waals surface area contributed by atoms with Crippen molar-refractivity contribution in [1.29, 1.82) is 0 Å². The molecule has 0 bridgehead atoms. The van der Waals surface area contributed by atoms with Crippen LogP contribution in [0.5, 0.6) is 11.5 Å². The van der Waals surface area contributed by atoms with Gasteiger partial charge in [0, 0.05) is 56.7 Å². The number of benzene rings is 1. The smallest absolute Gasteiger partial charge is 0.222 e. The number of carbonyl (C=O) groups excluding carboxylic acids is 1. The van der Waals surface area contributed by atoms with E-state index >= 15 is 0 Å². The fraction of sp³-hybridized carbons (Fsp3) is 0.652. The van der Waals surface area contributed by atoms with Crippen molar-refractivity contribution in [2.75, 3.05) is 26.7 Å². The van der Waals surface area contributed by atoms with E-state index < -0.39 is 0 Å². The molecule has 1 aromatic rings. The van der Waals surface area contributed by atoms with E-state index in [4.69, 9.17) is 9.47 Å². The fourth-order valence-corrected chi connectivity index (χ4v) is 4.30. The SMILES string of the molecule is CCOc1cc2c(cc1CNC(=NC)NCCC(CC)N1CCCC1=O)OC(C)C2. The Morgan fingerprint density at radius 1 is 1.37 bits per heavy atom. The molecule has 2 aliphatic heterocycles. The highest BCUT2D eigenvalue weighted by Gasteiger charge is 2.26. The summed E-state index contributed by atoms with van der Waals surface area (Å²) in [5, 5.41) is 6.76. The van der Waals surface area contributed by atoms with Crippen LogP contribution in [0.4, 0.5) is 0 Å². The Hall–Kier alpha value is -2.44. The third kappa shape index (κ3) is 5.37. The van der Waals surface area contributed by atoms with Gasteiger partial charge in [0.1, 0.15) is 17.6 Å². The second kappa shape index (κ2) is 10.5. The lowest BCUT2D eigenvalue weighted by Gasteiger charge is -2.27. The molecule has 1 fully saturated rings. The first-order valence-corrected chi connectivity index (χ1v) is 11.2. The summed E-state index contributed by atoms with van der Waals surface area (Å²) in [5.74, 6) is 2.89. The molecule has 7 heteroatoms. The molecule has 0 radical (unpaired) electrons. The van der Waals surface area contributed by atoms with Gasteiger partial charge in [0.2, 0.25) is 5.91 Å². The van der Waals surface area contributed by atoms with Gasteiger partial charge in [0.15, 0.2) is 5.96 Å². The molecule has 2 unspecified atom stereocenters. The molecule has 1 aromatic carbocycles. The second-order valence-corrected chi connectivity index (χ2v) is 8.03. The first-order chi connectivity index (χ1) is 14.5. The minimum Gasteiger partial charge on any atom is -0.494 e. The number of amides is 1. The third-order valence-corrected chi connectivity index (χ3v) is 5.84. The van der Waals surface area contributed by atoms with E-state index in [-0.39, 0.29) is 6.10 Å². The first-order valence-electron chi connectivity index (χ1n) is 11.2. The number of likely N-dealkylation sites (tertiary alicyclic amines) is 1. The van der Waals surface area contributed by atoms with Crippen molar-refractivity contribution < 1.29 is 14.3 Å². The molecular weight excluding hydrogens is 380 g/mol. The molecule has 2 N–H and O–H groups in total. The molecule has 1 saturated heterocycles. The molecule has 2 heterocycles. The highest BCUT2D eigenvalue weighted by atomic mass is 16.5. The monoisotopic (exact) mass is 416 g/mol. The summed E-state index contributed by atoms with van der Waals surface area (Å²) < 4.78 is 11.8. The van der Waals surface area contributed by atoms with Crippen molar-refractivity contribution in [3.8, 4) is 11.5 Å². The summed E-state index contributed by atoms with van der Waals surface area (Å²) in [7, 11) is 1.77. The zero-order valence-electron chi connectivity index (χ0n) is 18.8. The van der Waals surface area contributed by atoms with Crippen LogP contribution in [0.3, 0.4) is 0 Å². The van der Waals surface area contributed by atoms with Gasteiger partial charge in [-0.25, -0.2) is 0 Å². The van der Waals surface area contributed by atoms with Gasteiger partial charge < -0.3 is 25.0 Å². The quantitative estimate of drug-likeness (QED) is 0.478. The Labute approximate surface area is 180 Å². The van der Waals surface area contributed by atoms with Gasteiger partial charge in [-0.3, -0.25) is 9.79 Å². The number of rotatable bonds is 9. The molecule has 0 aliphatic carbocycles. The predicted molar refractivity (Wildman–Crippen MR) is 119 cm³/mol. The van der Waals surface area contributed by atoms with Crippen LogP contribution in [0.1, 0.15) is 57.6 Å². The Morgan fingerprint density at radius 2 is 2.20 bits per heavy atom. The standard InChI is InChI=1S/C23H36N4O3/c1-5-19(27-11-7-8-22(27)28)9-10-25-23(24-4)26-15-18-14-21-17(12-16(3)30-21)13-20(18)29-6-2/h13-14,16,19H,5-12,15H2,1-4H3,(H2,24,25,26). The normalized spacial score (nSPS) is 19.5. The van der Waals surface area contributed by atoms with Crippen LogP contribution in [-0.4, -0.2) is 55.7 Å². The van der Waals surface area contributed by atoms with Crippen molar-refractivity contribution in [2.24, 2.45) is 4.99 Å². The van der Waals surface area contributed by atoms with Crippen LogP contribution in [0.15, 0.2) is 17.1 Å². The Bertz CT molecular complexity index is 765. The molecule has 7 nitrogen and oxygen atoms in total. The molecule has 2 aliphatic rings. The van der Waals surface area contributed by atoms with Crippen molar-refractivity contribution >= 4 is 11.9 Å². The number of hydrogen-bond donors (Lipinski definition) is 2. The first kappa shape index (κ1) is 22.2. The summed E-state index contributed by atoms with van der Waals surface area (Å²) in [6.45, 7) is 9.12. The van der Waals surface area contributed by atoms with Crippen LogP contribution < -0.4 is 20.1 Å². The fourth-order valence-electron chi connectivity index (χ4n) is 4.30. The van der Waals surface area contributed by atoms with Crippen molar-refractivity contribution in [3.63, 3.8) is 0 Å². The van der Waals surface area contributed by atoms with Crippen molar-refractivity contribution in [1.82, 2.24) is 15.5 Å². The maximum atomic E-state index is 12.0. The molecule has 0 aromatic heterocycles. The zero-order valence-corrected chi connectivity index (χ0v) is 18.8. The van der Waals surface area contributed by atoms with Crippen molar-refractivity contribution in [2.45, 2.75) is 71.6 Å². The maximum absolute atomic E-state index is 12.0. The topological polar surface area (TPSA) is 75.2 Å². The number of nitrogens with zero attached hydrogens (tertiary/aromatic N) is 2. The average Bonchev–Trinajstić information content (AvgIpc) is 3.31. The van der Waals surface area contributed by atoms with Crippen LogP contribution in [-0.2, 0) is 17.8 Å². The summed E-state index contributed by atoms with van der Waals surface area (Å²) in [6.07, 6.45) is 4.70. The van der Waals surface area contributed by atoms with E-state index in [0.717, 1.165) is 61.8 Å². The average molecular weight is 417 g/mol. The van der Waals surface area contributed by atoms with E-state index in [1.54, 1.807) is 7.05 Å². The van der Waals surface area contributed by atoms with Gasteiger partial charge in [0.05, 0.1) is 6.61 Å². The Balaban J connectivity index is 1.54. The van der Waals surface area contributed by atoms with E-state index in [1.165, 1.54) is 5.56 Å². The zero-order chi connectivity index (χ0) is 21.5. The highest BCUT2D eigenvalue weighted by Crippen LogP contribution is 2.35. The van der Waals surface area contributed by atoms with Gasteiger partial charge in [-0.05, 0) is 45.2 Å². The van der Waals surface area contributed by atoms with Gasteiger partial charge in [-0.2, -0.15) is 0 Å². The number of aliphatic imine (C=N–C) groups is 1. The van der Waals surface area contributed by atoms with Crippen LogP contribution in [0.25, 0.3) is 0 Å². The van der Waals surface area contributed by atoms with Crippen LogP contribution in [0, 0.1) is 0 Å². The molecule has 166 valence electrons. The van der Waals surface area contributed by atoms with E-state index in [2.05, 4.69) is 41.6 Å². The van der Waals surface area contributed by atoms with Gasteiger partial charge >= 0.3 is 0 Å². The Kier molecular flexibility index (Phi) is 7.82. The molecule has 30 heavy (non-hydrogen) atoms. The largest absolute Gasteiger partial charge is 0.494 e. The Morgan fingerprint density at radius 3 is 2.87 bits per heavy atom. The number of ether oxygens (including phenoxy) is 2. The van der Waals surface area contributed by atoms with E-state index in [1.807, 2.05) is 11.8 Å². The van der Waals surface area contributed by atoms with Crippen LogP contribution in [0.2, 0.25) is 0 Å². The summed E-state index contributed by atoms with van der Waals surface area (Å²) >= 11 is 0. The molecule has 2 atom stereocenters. The van der Waals surface area contributed by atoms with Crippen LogP contribution >= 0.6 is 0 Å². The summed E-state index contributed by atoms with van der Waals surface area (Å²) in [5.41, 5.74) is 2.26. The maximum Gasteiger partial charge on any atom is 0.222 e. The van der Waals surface area contributed by atoms with Crippen molar-refractivity contribution in [3.05, 3.63) is 23.3 Å². The lowest BCUT2D eigenvalue weighted by atomic mass is 10.1. The minimum atomic E-state index is 0.209. The number of hydrogen-bond acceptors (Lipinski definition) is 4. The number of guanidine groups is 1. The number of carbonyl (C=O) groups is 1.